The summed E-state index contributed by atoms with van der Waals surface area (Å²) in [5.41, 5.74) is 0.853. The van der Waals surface area contributed by atoms with Gasteiger partial charge >= 0.3 is 0 Å². The van der Waals surface area contributed by atoms with Crippen molar-refractivity contribution in [1.82, 2.24) is 10.2 Å². The van der Waals surface area contributed by atoms with Gasteiger partial charge < -0.3 is 23.1 Å². The van der Waals surface area contributed by atoms with Gasteiger partial charge in [0.15, 0.2) is 0 Å². The number of hydrogen-bond donors (Lipinski definition) is 1. The maximum atomic E-state index is 12.9. The quantitative estimate of drug-likeness (QED) is 0.0902. The van der Waals surface area contributed by atoms with Gasteiger partial charge in [-0.2, -0.15) is 0 Å². The first kappa shape index (κ1) is 29.5. The minimum Gasteiger partial charge on any atom is -0.491 e. The number of benzene rings is 1. The molecular formula is C22H29IN2O9S. The lowest BCUT2D eigenvalue weighted by atomic mass is 10.0. The van der Waals surface area contributed by atoms with Crippen LogP contribution in [0.15, 0.2) is 18.2 Å². The lowest BCUT2D eigenvalue weighted by Gasteiger charge is -2.28. The number of imide groups is 2. The number of rotatable bonds is 17. The van der Waals surface area contributed by atoms with Crippen molar-refractivity contribution in [3.8, 4) is 5.75 Å². The van der Waals surface area contributed by atoms with Crippen molar-refractivity contribution in [2.24, 2.45) is 0 Å². The number of nitrogens with zero attached hydrogens (tertiary/aromatic N) is 1. The molecule has 0 radical (unpaired) electrons. The molecule has 0 aliphatic carbocycles. The summed E-state index contributed by atoms with van der Waals surface area (Å²) in [6.45, 7) is 5.28. The molecule has 194 valence electrons. The van der Waals surface area contributed by atoms with E-state index in [1.807, 2.05) is 21.2 Å². The van der Waals surface area contributed by atoms with Crippen LogP contribution < -0.4 is 10.1 Å². The van der Waals surface area contributed by atoms with Crippen LogP contribution in [-0.4, -0.2) is 87.9 Å². The van der Waals surface area contributed by atoms with Gasteiger partial charge in [0.05, 0.1) is 55.5 Å². The number of halogens is 1. The van der Waals surface area contributed by atoms with E-state index < -0.39 is 23.8 Å². The van der Waals surface area contributed by atoms with Gasteiger partial charge in [-0.25, -0.2) is 0 Å². The molecule has 1 saturated heterocycles. The van der Waals surface area contributed by atoms with E-state index in [1.54, 1.807) is 25.1 Å². The highest BCUT2D eigenvalue weighted by molar-refractivity contribution is 14.2. The summed E-state index contributed by atoms with van der Waals surface area (Å²) in [6, 6.07) is 3.81. The molecule has 0 bridgehead atoms. The maximum Gasteiger partial charge on any atom is 0.261 e. The Kier molecular flexibility index (Phi) is 14.1. The first-order valence-electron chi connectivity index (χ1n) is 11.0. The van der Waals surface area contributed by atoms with Crippen LogP contribution in [-0.2, 0) is 32.8 Å². The summed E-state index contributed by atoms with van der Waals surface area (Å²) in [7, 11) is 1.27. The summed E-state index contributed by atoms with van der Waals surface area (Å²) >= 11 is 2.05. The second kappa shape index (κ2) is 16.8. The van der Waals surface area contributed by atoms with Crippen molar-refractivity contribution in [3.05, 3.63) is 29.3 Å². The van der Waals surface area contributed by atoms with Crippen molar-refractivity contribution < 1.29 is 42.3 Å². The third kappa shape index (κ3) is 10.4. The van der Waals surface area contributed by atoms with E-state index in [4.69, 9.17) is 23.1 Å². The molecular weight excluding hydrogens is 595 g/mol. The zero-order chi connectivity index (χ0) is 25.5. The number of aryl methyl sites for hydroxylation is 1. The van der Waals surface area contributed by atoms with Crippen molar-refractivity contribution in [3.63, 3.8) is 0 Å². The Morgan fingerprint density at radius 2 is 1.71 bits per heavy atom. The summed E-state index contributed by atoms with van der Waals surface area (Å²) in [6.07, 6.45) is 0.486. The molecule has 1 unspecified atom stereocenters. The number of carbonyl (C=O) groups is 4. The van der Waals surface area contributed by atoms with Gasteiger partial charge in [-0.15, -0.1) is 0 Å². The van der Waals surface area contributed by atoms with Crippen LogP contribution in [0, 0.1) is 6.92 Å². The molecule has 13 heteroatoms. The minimum absolute atomic E-state index is 0.0660. The van der Waals surface area contributed by atoms with Crippen molar-refractivity contribution in [2.75, 3.05) is 52.9 Å². The highest BCUT2D eigenvalue weighted by Gasteiger charge is 2.35. The van der Waals surface area contributed by atoms with Crippen LogP contribution in [0.3, 0.4) is 0 Å². The normalized spacial score (nSPS) is 15.5. The van der Waals surface area contributed by atoms with Crippen LogP contribution in [0.1, 0.15) is 28.8 Å². The smallest absolute Gasteiger partial charge is 0.261 e. The van der Waals surface area contributed by atoms with Crippen molar-refractivity contribution in [2.45, 2.75) is 25.8 Å². The molecule has 1 fully saturated rings. The lowest BCUT2D eigenvalue weighted by molar-refractivity contribution is -0.139. The van der Waals surface area contributed by atoms with Crippen molar-refractivity contribution in [1.29, 1.82) is 0 Å². The molecule has 1 aromatic rings. The summed E-state index contributed by atoms with van der Waals surface area (Å²) in [5.74, 6) is -1.15. The van der Waals surface area contributed by atoms with E-state index in [2.05, 4.69) is 5.32 Å². The second-order valence-corrected chi connectivity index (χ2v) is 8.77. The van der Waals surface area contributed by atoms with E-state index in [-0.39, 0.29) is 18.4 Å². The van der Waals surface area contributed by atoms with Crippen LogP contribution in [0.5, 0.6) is 5.75 Å². The topological polar surface area (TPSA) is 130 Å². The SMILES string of the molecule is Cc1cc(OCCOCCOCCOCCOSI)ccc1C(=O)N(C=O)C1CCC(=O)NC1=O. The predicted octanol–water partition coefficient (Wildman–Crippen LogP) is 1.84. The van der Waals surface area contributed by atoms with Gasteiger partial charge in [-0.05, 0) is 37.1 Å². The van der Waals surface area contributed by atoms with Gasteiger partial charge in [0.2, 0.25) is 18.2 Å². The molecule has 2 rings (SSSR count). The Labute approximate surface area is 220 Å². The molecule has 1 N–H and O–H groups in total. The zero-order valence-corrected chi connectivity index (χ0v) is 22.3. The molecule has 1 atom stereocenters. The van der Waals surface area contributed by atoms with E-state index in [0.29, 0.717) is 70.6 Å². The molecule has 1 aliphatic heterocycles. The average Bonchev–Trinajstić information content (AvgIpc) is 2.83. The molecule has 0 aromatic heterocycles. The summed E-state index contributed by atoms with van der Waals surface area (Å²) < 4.78 is 26.9. The highest BCUT2D eigenvalue weighted by Crippen LogP contribution is 2.21. The number of ether oxygens (including phenoxy) is 4. The maximum absolute atomic E-state index is 12.9. The summed E-state index contributed by atoms with van der Waals surface area (Å²) in [4.78, 5) is 48.6. The largest absolute Gasteiger partial charge is 0.491 e. The monoisotopic (exact) mass is 624 g/mol. The standard InChI is InChI=1S/C22H29IN2O9S/c1-16-14-17(33-12-10-31-8-6-30-7-9-32-11-13-34-35-23)2-3-18(16)22(29)25(15-26)19-4-5-20(27)24-21(19)28/h2-3,14-15,19H,4-13H2,1H3,(H,24,27,28). The van der Waals surface area contributed by atoms with E-state index >= 15 is 0 Å². The number of nitrogens with one attached hydrogen (secondary N) is 1. The van der Waals surface area contributed by atoms with Crippen LogP contribution >= 0.6 is 30.4 Å². The second-order valence-electron chi connectivity index (χ2n) is 7.33. The fraction of sp³-hybridized carbons (Fsp3) is 0.545. The Balaban J connectivity index is 1.67. The number of carbonyl (C=O) groups excluding carboxylic acids is 4. The first-order valence-corrected chi connectivity index (χ1v) is 14.2. The van der Waals surface area contributed by atoms with Gasteiger partial charge in [0.1, 0.15) is 18.4 Å². The number of amides is 4. The third-order valence-corrected chi connectivity index (χ3v) is 5.94. The highest BCUT2D eigenvalue weighted by atomic mass is 127. The molecule has 4 amide bonds. The molecule has 1 aliphatic rings. The van der Waals surface area contributed by atoms with Gasteiger partial charge in [0.25, 0.3) is 5.91 Å². The molecule has 35 heavy (non-hydrogen) atoms. The predicted molar refractivity (Wildman–Crippen MR) is 135 cm³/mol. The summed E-state index contributed by atoms with van der Waals surface area (Å²) in [5, 5.41) is 2.15. The van der Waals surface area contributed by atoms with Crippen LogP contribution in [0.2, 0.25) is 0 Å². The Morgan fingerprint density at radius 3 is 2.29 bits per heavy atom. The van der Waals surface area contributed by atoms with E-state index in [1.165, 1.54) is 9.21 Å². The fourth-order valence-electron chi connectivity index (χ4n) is 3.20. The fourth-order valence-corrected chi connectivity index (χ4v) is 3.87. The molecule has 0 saturated carbocycles. The zero-order valence-electron chi connectivity index (χ0n) is 19.4. The minimum atomic E-state index is -1.01. The van der Waals surface area contributed by atoms with Gasteiger partial charge in [-0.1, -0.05) is 0 Å². The Hall–Kier alpha value is -1.78. The first-order chi connectivity index (χ1) is 17.0. The molecule has 1 aromatic carbocycles. The average molecular weight is 624 g/mol. The van der Waals surface area contributed by atoms with E-state index in [0.717, 1.165) is 4.90 Å². The number of piperidine rings is 1. The molecule has 0 spiro atoms. The molecule has 11 nitrogen and oxygen atoms in total. The van der Waals surface area contributed by atoms with Crippen LogP contribution in [0.4, 0.5) is 0 Å². The third-order valence-electron chi connectivity index (χ3n) is 4.92. The van der Waals surface area contributed by atoms with Gasteiger partial charge in [0, 0.05) is 33.2 Å². The molecule has 1 heterocycles. The number of hydrogen-bond acceptors (Lipinski definition) is 10. The Morgan fingerprint density at radius 1 is 1.09 bits per heavy atom. The Bertz CT molecular complexity index is 858. The van der Waals surface area contributed by atoms with Crippen molar-refractivity contribution >= 4 is 54.6 Å². The van der Waals surface area contributed by atoms with Crippen LogP contribution in [0.25, 0.3) is 0 Å². The lowest BCUT2D eigenvalue weighted by Crippen LogP contribution is -2.53. The van der Waals surface area contributed by atoms with E-state index in [9.17, 15) is 19.2 Å². The van der Waals surface area contributed by atoms with Gasteiger partial charge in [-0.3, -0.25) is 29.4 Å².